The van der Waals surface area contributed by atoms with Crippen LogP contribution in [0.2, 0.25) is 0 Å². The molecule has 0 spiro atoms. The molecule has 2 fully saturated rings. The van der Waals surface area contributed by atoms with Crippen molar-refractivity contribution in [1.29, 1.82) is 0 Å². The third kappa shape index (κ3) is 3.50. The number of carbonyl (C=O) groups excluding carboxylic acids is 1. The highest BCUT2D eigenvalue weighted by Crippen LogP contribution is 2.17. The molecule has 4 nitrogen and oxygen atoms in total. The van der Waals surface area contributed by atoms with Crippen molar-refractivity contribution in [3.63, 3.8) is 0 Å². The van der Waals surface area contributed by atoms with Crippen LogP contribution in [0, 0.1) is 5.92 Å². The van der Waals surface area contributed by atoms with E-state index in [1.165, 1.54) is 12.8 Å². The van der Waals surface area contributed by atoms with E-state index in [0.717, 1.165) is 32.7 Å². The highest BCUT2D eigenvalue weighted by Gasteiger charge is 2.27. The zero-order valence-electron chi connectivity index (χ0n) is 10.8. The van der Waals surface area contributed by atoms with Crippen LogP contribution in [0.3, 0.4) is 0 Å². The quantitative estimate of drug-likeness (QED) is 0.767. The van der Waals surface area contributed by atoms with E-state index in [1.807, 2.05) is 0 Å². The smallest absolute Gasteiger partial charge is 0.152 e. The number of nitrogens with one attached hydrogen (secondary N) is 1. The van der Waals surface area contributed by atoms with Crippen molar-refractivity contribution in [2.24, 2.45) is 5.92 Å². The molecular weight excluding hydrogens is 216 g/mol. The first-order chi connectivity index (χ1) is 8.31. The van der Waals surface area contributed by atoms with E-state index in [0.29, 0.717) is 25.0 Å². The minimum Gasteiger partial charge on any atom is -0.381 e. The molecule has 0 aromatic heterocycles. The Labute approximate surface area is 104 Å². The number of nitrogens with zero attached hydrogens (tertiary/aromatic N) is 1. The fraction of sp³-hybridized carbons (Fsp3) is 0.923. The maximum Gasteiger partial charge on any atom is 0.152 e. The van der Waals surface area contributed by atoms with Gasteiger partial charge in [0.2, 0.25) is 0 Å². The van der Waals surface area contributed by atoms with Gasteiger partial charge in [-0.25, -0.2) is 0 Å². The van der Waals surface area contributed by atoms with Crippen molar-refractivity contribution in [2.75, 3.05) is 39.4 Å². The summed E-state index contributed by atoms with van der Waals surface area (Å²) < 4.78 is 5.29. The minimum atomic E-state index is 0.158. The lowest BCUT2D eigenvalue weighted by Crippen LogP contribution is -2.46. The van der Waals surface area contributed by atoms with Crippen LogP contribution in [-0.4, -0.2) is 56.1 Å². The van der Waals surface area contributed by atoms with Gasteiger partial charge >= 0.3 is 0 Å². The van der Waals surface area contributed by atoms with E-state index >= 15 is 0 Å². The van der Waals surface area contributed by atoms with Crippen molar-refractivity contribution in [2.45, 2.75) is 32.2 Å². The van der Waals surface area contributed by atoms with E-state index in [2.05, 4.69) is 17.1 Å². The second-order valence-corrected chi connectivity index (χ2v) is 5.07. The third-order valence-corrected chi connectivity index (χ3v) is 3.98. The summed E-state index contributed by atoms with van der Waals surface area (Å²) in [6.07, 6.45) is 3.26. The average Bonchev–Trinajstić information content (AvgIpc) is 2.90. The summed E-state index contributed by atoms with van der Waals surface area (Å²) >= 11 is 0. The van der Waals surface area contributed by atoms with Crippen LogP contribution in [0.5, 0.6) is 0 Å². The summed E-state index contributed by atoms with van der Waals surface area (Å²) in [5, 5.41) is 3.37. The van der Waals surface area contributed by atoms with Crippen LogP contribution >= 0.6 is 0 Å². The van der Waals surface area contributed by atoms with Crippen LogP contribution < -0.4 is 5.32 Å². The van der Waals surface area contributed by atoms with Gasteiger partial charge in [-0.2, -0.15) is 0 Å². The predicted molar refractivity (Wildman–Crippen MR) is 67.1 cm³/mol. The standard InChI is InChI=1S/C13H24N2O2/c1-2-15(12-3-6-14-7-4-12)9-13(16)11-5-8-17-10-11/h11-12,14H,2-10H2,1H3. The number of hydrogen-bond acceptors (Lipinski definition) is 4. The molecule has 0 radical (unpaired) electrons. The summed E-state index contributed by atoms with van der Waals surface area (Å²) in [6, 6.07) is 0.590. The molecule has 2 rings (SSSR count). The van der Waals surface area contributed by atoms with E-state index in [1.54, 1.807) is 0 Å². The largest absolute Gasteiger partial charge is 0.381 e. The molecule has 17 heavy (non-hydrogen) atoms. The van der Waals surface area contributed by atoms with Crippen LogP contribution in [0.25, 0.3) is 0 Å². The fourth-order valence-electron chi connectivity index (χ4n) is 2.79. The zero-order chi connectivity index (χ0) is 12.1. The van der Waals surface area contributed by atoms with Crippen molar-refractivity contribution >= 4 is 5.78 Å². The minimum absolute atomic E-state index is 0.158. The molecule has 0 saturated carbocycles. The molecule has 1 unspecified atom stereocenters. The third-order valence-electron chi connectivity index (χ3n) is 3.98. The summed E-state index contributed by atoms with van der Waals surface area (Å²) in [5.41, 5.74) is 0. The summed E-state index contributed by atoms with van der Waals surface area (Å²) in [6.45, 7) is 7.32. The first-order valence-electron chi connectivity index (χ1n) is 6.86. The molecule has 0 bridgehead atoms. The Morgan fingerprint density at radius 3 is 2.71 bits per heavy atom. The number of piperidine rings is 1. The van der Waals surface area contributed by atoms with Crippen molar-refractivity contribution in [3.05, 3.63) is 0 Å². The Balaban J connectivity index is 1.82. The Morgan fingerprint density at radius 2 is 2.12 bits per heavy atom. The number of carbonyl (C=O) groups is 1. The number of rotatable bonds is 5. The Kier molecular flexibility index (Phi) is 4.95. The molecule has 4 heteroatoms. The van der Waals surface area contributed by atoms with Gasteiger partial charge in [0, 0.05) is 18.6 Å². The van der Waals surface area contributed by atoms with Gasteiger partial charge in [0.05, 0.1) is 13.2 Å². The molecule has 2 saturated heterocycles. The van der Waals surface area contributed by atoms with Gasteiger partial charge in [-0.1, -0.05) is 6.92 Å². The number of Topliss-reactive ketones (excluding diaryl/α,β-unsaturated/α-hetero) is 1. The molecule has 0 aliphatic carbocycles. The lowest BCUT2D eigenvalue weighted by molar-refractivity contribution is -0.124. The van der Waals surface area contributed by atoms with Crippen LogP contribution in [-0.2, 0) is 9.53 Å². The van der Waals surface area contributed by atoms with Crippen LogP contribution in [0.1, 0.15) is 26.2 Å². The predicted octanol–water partition coefficient (Wildman–Crippen LogP) is 0.666. The summed E-state index contributed by atoms with van der Waals surface area (Å²) in [5.74, 6) is 0.536. The monoisotopic (exact) mass is 240 g/mol. The molecule has 0 amide bonds. The van der Waals surface area contributed by atoms with Gasteiger partial charge in [-0.05, 0) is 38.9 Å². The molecular formula is C13H24N2O2. The van der Waals surface area contributed by atoms with Crippen molar-refractivity contribution in [1.82, 2.24) is 10.2 Å². The van der Waals surface area contributed by atoms with Crippen LogP contribution in [0.15, 0.2) is 0 Å². The van der Waals surface area contributed by atoms with Gasteiger partial charge in [-0.15, -0.1) is 0 Å². The fourth-order valence-corrected chi connectivity index (χ4v) is 2.79. The topological polar surface area (TPSA) is 41.6 Å². The zero-order valence-corrected chi connectivity index (χ0v) is 10.8. The second-order valence-electron chi connectivity index (χ2n) is 5.07. The first kappa shape index (κ1) is 13.0. The van der Waals surface area contributed by atoms with Gasteiger partial charge in [0.25, 0.3) is 0 Å². The molecule has 2 aliphatic heterocycles. The van der Waals surface area contributed by atoms with E-state index in [9.17, 15) is 4.79 Å². The second kappa shape index (κ2) is 6.47. The molecule has 0 aromatic carbocycles. The maximum atomic E-state index is 12.1. The van der Waals surface area contributed by atoms with Gasteiger partial charge in [0.15, 0.2) is 5.78 Å². The number of likely N-dealkylation sites (N-methyl/N-ethyl adjacent to an activating group) is 1. The Hall–Kier alpha value is -0.450. The number of ketones is 1. The highest BCUT2D eigenvalue weighted by molar-refractivity contribution is 5.83. The summed E-state index contributed by atoms with van der Waals surface area (Å²) in [7, 11) is 0. The van der Waals surface area contributed by atoms with Gasteiger partial charge in [-0.3, -0.25) is 9.69 Å². The molecule has 2 heterocycles. The number of hydrogen-bond donors (Lipinski definition) is 1. The number of ether oxygens (including phenoxy) is 1. The normalized spacial score (nSPS) is 26.6. The molecule has 0 aromatic rings. The van der Waals surface area contributed by atoms with Gasteiger partial charge in [0.1, 0.15) is 0 Å². The van der Waals surface area contributed by atoms with E-state index in [-0.39, 0.29) is 5.92 Å². The van der Waals surface area contributed by atoms with Crippen LogP contribution in [0.4, 0.5) is 0 Å². The SMILES string of the molecule is CCN(CC(=O)C1CCOC1)C1CCNCC1. The molecule has 98 valence electrons. The van der Waals surface area contributed by atoms with Crippen molar-refractivity contribution < 1.29 is 9.53 Å². The van der Waals surface area contributed by atoms with E-state index < -0.39 is 0 Å². The molecule has 2 aliphatic rings. The Bertz CT molecular complexity index is 246. The lowest BCUT2D eigenvalue weighted by Gasteiger charge is -2.33. The molecule has 1 N–H and O–H groups in total. The van der Waals surface area contributed by atoms with Gasteiger partial charge < -0.3 is 10.1 Å². The summed E-state index contributed by atoms with van der Waals surface area (Å²) in [4.78, 5) is 14.5. The molecule has 1 atom stereocenters. The average molecular weight is 240 g/mol. The maximum absolute atomic E-state index is 12.1. The van der Waals surface area contributed by atoms with E-state index in [4.69, 9.17) is 4.74 Å². The lowest BCUT2D eigenvalue weighted by atomic mass is 10.0. The first-order valence-corrected chi connectivity index (χ1v) is 6.86. The van der Waals surface area contributed by atoms with Crippen molar-refractivity contribution in [3.8, 4) is 0 Å². The highest BCUT2D eigenvalue weighted by atomic mass is 16.5. The Morgan fingerprint density at radius 1 is 1.35 bits per heavy atom.